The molecule has 1 atom stereocenters. The monoisotopic (exact) mass is 340 g/mol. The van der Waals surface area contributed by atoms with Crippen LogP contribution in [0.2, 0.25) is 25.7 Å². The van der Waals surface area contributed by atoms with Crippen LogP contribution in [0.1, 0.15) is 0 Å². The number of anilines is 3. The average Bonchev–Trinajstić information content (AvgIpc) is 2.94. The van der Waals surface area contributed by atoms with E-state index in [0.717, 1.165) is 23.2 Å². The average molecular weight is 340 g/mol. The smallest absolute Gasteiger partial charge is 0.350 e. The molecule has 0 saturated heterocycles. The fourth-order valence-corrected chi connectivity index (χ4v) is 3.26. The molecule has 1 aromatic carbocycles. The van der Waals surface area contributed by atoms with Crippen LogP contribution in [0.15, 0.2) is 42.6 Å². The van der Waals surface area contributed by atoms with Crippen LogP contribution in [-0.4, -0.2) is 31.8 Å². The molecule has 3 rings (SSSR count). The number of rotatable bonds is 5. The molecule has 0 amide bonds. The Labute approximate surface area is 143 Å². The van der Waals surface area contributed by atoms with Gasteiger partial charge in [0.25, 0.3) is 0 Å². The van der Waals surface area contributed by atoms with Crippen LogP contribution in [0.5, 0.6) is 0 Å². The maximum atomic E-state index is 12.6. The molecule has 1 aliphatic rings. The van der Waals surface area contributed by atoms with E-state index in [1.54, 1.807) is 6.20 Å². The highest BCUT2D eigenvalue weighted by Gasteiger charge is 2.37. The number of carbonyl (C=O) groups excluding carboxylic acids is 1. The molecular weight excluding hydrogens is 318 g/mol. The van der Waals surface area contributed by atoms with Gasteiger partial charge in [-0.25, -0.2) is 9.78 Å². The van der Waals surface area contributed by atoms with Crippen LogP contribution in [0.3, 0.4) is 0 Å². The van der Waals surface area contributed by atoms with Crippen molar-refractivity contribution in [2.75, 3.05) is 16.8 Å². The van der Waals surface area contributed by atoms with Crippen LogP contribution < -0.4 is 10.2 Å². The first-order valence-corrected chi connectivity index (χ1v) is 11.8. The molecule has 0 fully saturated rings. The van der Waals surface area contributed by atoms with Crippen molar-refractivity contribution in [3.63, 3.8) is 0 Å². The maximum Gasteiger partial charge on any atom is 0.350 e. The van der Waals surface area contributed by atoms with Crippen LogP contribution >= 0.6 is 0 Å². The number of carbonyl (C=O) groups is 1. The molecule has 125 valence electrons. The number of pyridine rings is 1. The van der Waals surface area contributed by atoms with Crippen molar-refractivity contribution in [2.45, 2.75) is 31.9 Å². The van der Waals surface area contributed by atoms with E-state index in [2.05, 4.69) is 36.0 Å². The zero-order valence-electron chi connectivity index (χ0n) is 14.2. The normalized spacial score (nSPS) is 16.5. The number of ether oxygens (including phenoxy) is 1. The topological polar surface area (TPSA) is 54.5 Å². The summed E-state index contributed by atoms with van der Waals surface area (Å²) in [5.41, 5.74) is 1.71. The summed E-state index contributed by atoms with van der Waals surface area (Å²) in [6.07, 6.45) is 1.13. The molecule has 2 aromatic rings. The molecular formula is C18H22N3O2Si. The lowest BCUT2D eigenvalue weighted by Gasteiger charge is -2.25. The van der Waals surface area contributed by atoms with Crippen molar-refractivity contribution < 1.29 is 9.53 Å². The number of esters is 1. The van der Waals surface area contributed by atoms with Gasteiger partial charge in [-0.3, -0.25) is 4.90 Å². The Bertz CT molecular complexity index is 716. The first-order valence-electron chi connectivity index (χ1n) is 8.09. The lowest BCUT2D eigenvalue weighted by molar-refractivity contribution is -0.143. The second-order valence-corrected chi connectivity index (χ2v) is 12.6. The number of hydrogen-bond donors (Lipinski definition) is 1. The minimum Gasteiger partial charge on any atom is -0.463 e. The van der Waals surface area contributed by atoms with Crippen LogP contribution in [0.25, 0.3) is 0 Å². The second kappa shape index (κ2) is 6.65. The van der Waals surface area contributed by atoms with Gasteiger partial charge in [-0.2, -0.15) is 0 Å². The van der Waals surface area contributed by atoms with Crippen molar-refractivity contribution in [1.29, 1.82) is 0 Å². The first kappa shape index (κ1) is 16.5. The molecule has 1 unspecified atom stereocenters. The third-order valence-corrected chi connectivity index (χ3v) is 5.57. The van der Waals surface area contributed by atoms with Gasteiger partial charge in [0.1, 0.15) is 0 Å². The molecule has 5 nitrogen and oxygen atoms in total. The number of benzene rings is 1. The quantitative estimate of drug-likeness (QED) is 0.665. The maximum absolute atomic E-state index is 12.6. The van der Waals surface area contributed by atoms with E-state index in [-0.39, 0.29) is 5.97 Å². The molecule has 1 radical (unpaired) electrons. The molecule has 0 bridgehead atoms. The molecule has 2 heterocycles. The summed E-state index contributed by atoms with van der Waals surface area (Å²) in [7, 11) is -1.24. The zero-order chi connectivity index (χ0) is 17.2. The number of aromatic nitrogens is 1. The van der Waals surface area contributed by atoms with E-state index in [4.69, 9.17) is 4.74 Å². The summed E-state index contributed by atoms with van der Waals surface area (Å²) in [5.74, 6) is 0.454. The summed E-state index contributed by atoms with van der Waals surface area (Å²) in [4.78, 5) is 18.9. The van der Waals surface area contributed by atoms with Gasteiger partial charge in [0.05, 0.1) is 12.3 Å². The van der Waals surface area contributed by atoms with Gasteiger partial charge in [0.15, 0.2) is 5.82 Å². The highest BCUT2D eigenvalue weighted by atomic mass is 28.3. The van der Waals surface area contributed by atoms with Crippen LogP contribution in [0, 0.1) is 6.07 Å². The van der Waals surface area contributed by atoms with Gasteiger partial charge in [-0.05, 0) is 36.4 Å². The van der Waals surface area contributed by atoms with Crippen molar-refractivity contribution in [3.05, 3.63) is 48.7 Å². The highest BCUT2D eigenvalue weighted by molar-refractivity contribution is 6.76. The highest BCUT2D eigenvalue weighted by Crippen LogP contribution is 2.38. The predicted molar refractivity (Wildman–Crippen MR) is 98.2 cm³/mol. The van der Waals surface area contributed by atoms with Crippen LogP contribution in [0.4, 0.5) is 17.2 Å². The summed E-state index contributed by atoms with van der Waals surface area (Å²) in [6.45, 7) is 7.26. The van der Waals surface area contributed by atoms with E-state index in [1.807, 2.05) is 41.3 Å². The van der Waals surface area contributed by atoms with E-state index < -0.39 is 14.2 Å². The van der Waals surface area contributed by atoms with Crippen LogP contribution in [-0.2, 0) is 9.53 Å². The zero-order valence-corrected chi connectivity index (χ0v) is 15.2. The molecule has 1 aromatic heterocycles. The van der Waals surface area contributed by atoms with Gasteiger partial charge < -0.3 is 10.1 Å². The Morgan fingerprint density at radius 2 is 2.08 bits per heavy atom. The van der Waals surface area contributed by atoms with Gasteiger partial charge in [0, 0.05) is 20.0 Å². The number of nitrogens with zero attached hydrogens (tertiary/aromatic N) is 2. The molecule has 1 aliphatic heterocycles. The summed E-state index contributed by atoms with van der Waals surface area (Å²) in [6, 6.07) is 15.2. The Kier molecular flexibility index (Phi) is 4.57. The van der Waals surface area contributed by atoms with Crippen molar-refractivity contribution >= 4 is 31.2 Å². The Balaban J connectivity index is 1.81. The Morgan fingerprint density at radius 3 is 2.79 bits per heavy atom. The second-order valence-electron chi connectivity index (χ2n) is 7.03. The molecule has 24 heavy (non-hydrogen) atoms. The van der Waals surface area contributed by atoms with Crippen molar-refractivity contribution in [3.8, 4) is 0 Å². The minimum absolute atomic E-state index is 0.279. The molecule has 0 saturated carbocycles. The number of nitrogens with one attached hydrogen (secondary N) is 1. The standard InChI is InChI=1S/C18H22N3O2Si/c1-24(2,3)13-12-23-18(22)17-20-15-10-7-11-19-16(15)21(17)14-8-5-4-6-9-14/h5-11,17,20H,12-13H2,1-3H3. The van der Waals surface area contributed by atoms with Gasteiger partial charge >= 0.3 is 5.97 Å². The van der Waals surface area contributed by atoms with Gasteiger partial charge in [0.2, 0.25) is 6.17 Å². The van der Waals surface area contributed by atoms with Gasteiger partial charge in [-0.1, -0.05) is 31.8 Å². The predicted octanol–water partition coefficient (Wildman–Crippen LogP) is 3.65. The summed E-state index contributed by atoms with van der Waals surface area (Å²) >= 11 is 0. The first-order chi connectivity index (χ1) is 11.5. The van der Waals surface area contributed by atoms with E-state index in [0.29, 0.717) is 6.61 Å². The third-order valence-electron chi connectivity index (χ3n) is 3.86. The molecule has 0 spiro atoms. The van der Waals surface area contributed by atoms with Crippen molar-refractivity contribution in [2.24, 2.45) is 0 Å². The Morgan fingerprint density at radius 1 is 1.33 bits per heavy atom. The number of hydrogen-bond acceptors (Lipinski definition) is 5. The third kappa shape index (κ3) is 3.59. The van der Waals surface area contributed by atoms with Crippen molar-refractivity contribution in [1.82, 2.24) is 4.98 Å². The largest absolute Gasteiger partial charge is 0.463 e. The fourth-order valence-electron chi connectivity index (χ4n) is 2.55. The molecule has 6 heteroatoms. The van der Waals surface area contributed by atoms with E-state index in [9.17, 15) is 4.79 Å². The Hall–Kier alpha value is -2.34. The SMILES string of the molecule is C[Si](C)(C)CCOC(=O)C1Nc2cccnc2N1c1cc[c]cc1. The van der Waals surface area contributed by atoms with E-state index >= 15 is 0 Å². The molecule has 1 N–H and O–H groups in total. The minimum atomic E-state index is -1.24. The van der Waals surface area contributed by atoms with Gasteiger partial charge in [-0.15, -0.1) is 0 Å². The summed E-state index contributed by atoms with van der Waals surface area (Å²) in [5, 5.41) is 3.22. The summed E-state index contributed by atoms with van der Waals surface area (Å²) < 4.78 is 5.54. The fraction of sp³-hybridized carbons (Fsp3) is 0.333. The molecule has 0 aliphatic carbocycles. The van der Waals surface area contributed by atoms with E-state index in [1.165, 1.54) is 0 Å². The lowest BCUT2D eigenvalue weighted by Crippen LogP contribution is -2.41. The lowest BCUT2D eigenvalue weighted by atomic mass is 10.2. The number of fused-ring (bicyclic) bond motifs is 1.